The molecule has 7 atom stereocenters. The lowest BCUT2D eigenvalue weighted by Gasteiger charge is -2.41. The molecule has 1 amide bonds. The van der Waals surface area contributed by atoms with Crippen molar-refractivity contribution >= 4 is 16.3 Å². The number of hydrogen-bond acceptors (Lipinski definition) is 10. The van der Waals surface area contributed by atoms with Gasteiger partial charge in [-0.25, -0.2) is 4.18 Å². The Morgan fingerprint density at radius 1 is 0.678 bits per heavy atom. The number of allylic oxidation sites excluding steroid dienone is 4. The first kappa shape index (κ1) is 55.6. The second kappa shape index (κ2) is 37.2. The Morgan fingerprint density at radius 2 is 1.12 bits per heavy atom. The van der Waals surface area contributed by atoms with Gasteiger partial charge in [0, 0.05) is 6.42 Å². The maximum absolute atomic E-state index is 13.0. The molecule has 7 unspecified atom stereocenters. The van der Waals surface area contributed by atoms with Crippen molar-refractivity contribution in [1.29, 1.82) is 0 Å². The summed E-state index contributed by atoms with van der Waals surface area (Å²) in [6.45, 7) is 3.41. The largest absolute Gasteiger partial charge is 0.397 e. The molecule has 1 aliphatic heterocycles. The molecule has 6 N–H and O–H groups in total. The van der Waals surface area contributed by atoms with Crippen LogP contribution < -0.4 is 5.32 Å². The van der Waals surface area contributed by atoms with Crippen molar-refractivity contribution in [1.82, 2.24) is 5.32 Å². The highest BCUT2D eigenvalue weighted by Crippen LogP contribution is 2.26. The summed E-state index contributed by atoms with van der Waals surface area (Å²) in [5.74, 6) is -0.241. The Hall–Kier alpha value is -1.42. The summed E-state index contributed by atoms with van der Waals surface area (Å²) in [7, 11) is -5.08. The Morgan fingerprint density at radius 3 is 1.61 bits per heavy atom. The number of carbonyl (C=O) groups is 1. The number of aliphatic hydroxyl groups excluding tert-OH is 4. The van der Waals surface area contributed by atoms with E-state index in [-0.39, 0.29) is 18.9 Å². The van der Waals surface area contributed by atoms with Crippen LogP contribution in [0.25, 0.3) is 0 Å². The van der Waals surface area contributed by atoms with E-state index in [2.05, 4.69) is 47.7 Å². The van der Waals surface area contributed by atoms with Gasteiger partial charge in [-0.15, -0.1) is 0 Å². The third kappa shape index (κ3) is 30.3. The van der Waals surface area contributed by atoms with E-state index in [1.54, 1.807) is 0 Å². The van der Waals surface area contributed by atoms with Gasteiger partial charge in [-0.05, 0) is 38.5 Å². The molecule has 1 rings (SSSR count). The number of unbranched alkanes of at least 4 members (excludes halogenated alkanes) is 25. The fourth-order valence-electron chi connectivity index (χ4n) is 7.57. The molecule has 12 nitrogen and oxygen atoms in total. The van der Waals surface area contributed by atoms with Crippen LogP contribution in [0.2, 0.25) is 0 Å². The molecule has 59 heavy (non-hydrogen) atoms. The lowest BCUT2D eigenvalue weighted by molar-refractivity contribution is -0.298. The molecule has 0 saturated carbocycles. The van der Waals surface area contributed by atoms with E-state index in [4.69, 9.17) is 9.47 Å². The van der Waals surface area contributed by atoms with E-state index >= 15 is 0 Å². The quantitative estimate of drug-likeness (QED) is 0.0195. The highest BCUT2D eigenvalue weighted by Gasteiger charge is 2.48. The van der Waals surface area contributed by atoms with Crippen LogP contribution in [0.3, 0.4) is 0 Å². The van der Waals surface area contributed by atoms with E-state index in [9.17, 15) is 38.2 Å². The second-order valence-corrected chi connectivity index (χ2v) is 17.8. The standard InChI is InChI=1S/C46H87NO11S/c1-3-5-7-9-11-13-15-17-19-20-22-23-25-27-29-31-33-35-40(49)39(38-56-46-44(52)45(58-59(53,54)55)43(51)41(37-48)57-46)47-42(50)36-34-32-30-28-26-24-21-18-16-14-12-10-8-6-4-2/h12,14,16,18,39-41,43-46,48-49,51-52H,3-11,13,15,17,19-38H2,1-2H3,(H,47,50)(H,53,54,55)/b14-12-,18-16-. The predicted octanol–water partition coefficient (Wildman–Crippen LogP) is 9.33. The van der Waals surface area contributed by atoms with Gasteiger partial charge >= 0.3 is 10.4 Å². The number of aliphatic hydroxyl groups is 4. The van der Waals surface area contributed by atoms with Gasteiger partial charge in [-0.1, -0.05) is 186 Å². The fourth-order valence-corrected chi connectivity index (χ4v) is 8.08. The zero-order valence-electron chi connectivity index (χ0n) is 37.1. The van der Waals surface area contributed by atoms with Gasteiger partial charge in [0.2, 0.25) is 5.91 Å². The minimum atomic E-state index is -5.08. The second-order valence-electron chi connectivity index (χ2n) is 16.7. The van der Waals surface area contributed by atoms with Crippen molar-refractivity contribution < 1.29 is 51.8 Å². The molecular weight excluding hydrogens is 775 g/mol. The molecule has 1 saturated heterocycles. The summed E-state index contributed by atoms with van der Waals surface area (Å²) in [4.78, 5) is 13.0. The van der Waals surface area contributed by atoms with Crippen LogP contribution in [-0.4, -0.2) is 95.4 Å². The van der Waals surface area contributed by atoms with Gasteiger partial charge in [0.15, 0.2) is 6.29 Å². The molecule has 13 heteroatoms. The minimum Gasteiger partial charge on any atom is -0.394 e. The van der Waals surface area contributed by atoms with Gasteiger partial charge in [-0.3, -0.25) is 9.35 Å². The number of hydrogen-bond donors (Lipinski definition) is 6. The monoisotopic (exact) mass is 862 g/mol. The van der Waals surface area contributed by atoms with Crippen LogP contribution in [0.1, 0.15) is 206 Å². The highest BCUT2D eigenvalue weighted by molar-refractivity contribution is 7.80. The van der Waals surface area contributed by atoms with Crippen LogP contribution >= 0.6 is 0 Å². The third-order valence-corrected chi connectivity index (χ3v) is 11.8. The van der Waals surface area contributed by atoms with Crippen molar-refractivity contribution in [3.8, 4) is 0 Å². The van der Waals surface area contributed by atoms with Gasteiger partial charge in [0.25, 0.3) is 0 Å². The van der Waals surface area contributed by atoms with E-state index in [1.165, 1.54) is 103 Å². The molecule has 1 fully saturated rings. The summed E-state index contributed by atoms with van der Waals surface area (Å²) >= 11 is 0. The maximum Gasteiger partial charge on any atom is 0.397 e. The molecule has 0 aromatic heterocycles. The van der Waals surface area contributed by atoms with E-state index < -0.39 is 59.9 Å². The molecule has 0 bridgehead atoms. The Kier molecular flexibility index (Phi) is 35.0. The van der Waals surface area contributed by atoms with Crippen LogP contribution in [0, 0.1) is 0 Å². The molecule has 0 radical (unpaired) electrons. The Balaban J connectivity index is 2.49. The number of ether oxygens (including phenoxy) is 2. The average molecular weight is 862 g/mol. The first-order valence-electron chi connectivity index (χ1n) is 23.7. The molecule has 0 aromatic rings. The Labute approximate surface area is 359 Å². The molecule has 0 spiro atoms. The van der Waals surface area contributed by atoms with Gasteiger partial charge < -0.3 is 35.2 Å². The zero-order valence-corrected chi connectivity index (χ0v) is 37.9. The van der Waals surface area contributed by atoms with Crippen molar-refractivity contribution in [2.75, 3.05) is 13.2 Å². The van der Waals surface area contributed by atoms with Crippen LogP contribution in [0.15, 0.2) is 24.3 Å². The van der Waals surface area contributed by atoms with Gasteiger partial charge in [0.1, 0.15) is 24.4 Å². The SMILES string of the molecule is CCCCC/C=C\C=C/CCCCCCCCC(=O)NC(COC1OC(CO)C(O)C(OS(=O)(=O)O)C1O)C(O)CCCCCCCCCCCCCCCCCCC. The van der Waals surface area contributed by atoms with E-state index in [1.807, 2.05) is 0 Å². The van der Waals surface area contributed by atoms with Crippen molar-refractivity contribution in [2.24, 2.45) is 0 Å². The normalized spacial score (nSPS) is 21.1. The fraction of sp³-hybridized carbons (Fsp3) is 0.891. The van der Waals surface area contributed by atoms with Crippen molar-refractivity contribution in [3.63, 3.8) is 0 Å². The van der Waals surface area contributed by atoms with Crippen LogP contribution in [0.4, 0.5) is 0 Å². The number of carbonyl (C=O) groups excluding carboxylic acids is 1. The molecule has 0 aromatic carbocycles. The molecule has 1 heterocycles. The predicted molar refractivity (Wildman–Crippen MR) is 236 cm³/mol. The molecule has 348 valence electrons. The lowest BCUT2D eigenvalue weighted by Crippen LogP contribution is -2.61. The number of nitrogens with one attached hydrogen (secondary N) is 1. The number of amides is 1. The summed E-state index contributed by atoms with van der Waals surface area (Å²) in [6.07, 6.45) is 33.1. The van der Waals surface area contributed by atoms with Gasteiger partial charge in [0.05, 0.1) is 25.4 Å². The Bertz CT molecular complexity index is 1150. The minimum absolute atomic E-state index is 0.241. The summed E-state index contributed by atoms with van der Waals surface area (Å²) in [5.41, 5.74) is 0. The zero-order chi connectivity index (χ0) is 43.4. The first-order chi connectivity index (χ1) is 28.5. The lowest BCUT2D eigenvalue weighted by atomic mass is 9.99. The summed E-state index contributed by atoms with van der Waals surface area (Å²) < 4.78 is 47.7. The van der Waals surface area contributed by atoms with E-state index in [0.717, 1.165) is 70.6 Å². The first-order valence-corrected chi connectivity index (χ1v) is 25.1. The average Bonchev–Trinajstić information content (AvgIpc) is 3.20. The van der Waals surface area contributed by atoms with Crippen LogP contribution in [0.5, 0.6) is 0 Å². The molecular formula is C46H87NO11S. The van der Waals surface area contributed by atoms with Crippen LogP contribution in [-0.2, 0) is 28.9 Å². The summed E-state index contributed by atoms with van der Waals surface area (Å²) in [6, 6.07) is -0.862. The maximum atomic E-state index is 13.0. The molecule has 0 aliphatic carbocycles. The highest BCUT2D eigenvalue weighted by atomic mass is 32.3. The van der Waals surface area contributed by atoms with E-state index in [0.29, 0.717) is 12.8 Å². The van der Waals surface area contributed by atoms with Gasteiger partial charge in [-0.2, -0.15) is 8.42 Å². The van der Waals surface area contributed by atoms with Crippen molar-refractivity contribution in [3.05, 3.63) is 24.3 Å². The number of rotatable bonds is 40. The topological polar surface area (TPSA) is 192 Å². The molecule has 1 aliphatic rings. The summed E-state index contributed by atoms with van der Waals surface area (Å²) in [5, 5.41) is 44.9. The third-order valence-electron chi connectivity index (χ3n) is 11.3. The smallest absolute Gasteiger partial charge is 0.394 e. The van der Waals surface area contributed by atoms with Crippen molar-refractivity contribution in [2.45, 2.75) is 249 Å².